The average molecular weight is 1050 g/mol. The Kier molecular flexibility index (Phi) is 12.5. The van der Waals surface area contributed by atoms with Crippen LogP contribution in [0.3, 0.4) is 0 Å². The van der Waals surface area contributed by atoms with E-state index in [0.717, 1.165) is 44.5 Å². The van der Waals surface area contributed by atoms with Crippen LogP contribution in [0.25, 0.3) is 0 Å². The number of hydrogen-bond acceptors (Lipinski definition) is 12. The molecule has 80 heavy (non-hydrogen) atoms. The van der Waals surface area contributed by atoms with Crippen molar-refractivity contribution in [2.45, 2.75) is 104 Å². The van der Waals surface area contributed by atoms with Gasteiger partial charge in [0.1, 0.15) is 145 Å². The number of nitriles is 4. The van der Waals surface area contributed by atoms with Crippen molar-refractivity contribution in [2.75, 3.05) is 0 Å². The Labute approximate surface area is 464 Å². The molecule has 0 atom stereocenters. The van der Waals surface area contributed by atoms with Crippen LogP contribution in [0.4, 0.5) is 0 Å². The molecule has 8 aromatic rings. The molecule has 0 amide bonds. The van der Waals surface area contributed by atoms with E-state index < -0.39 is 23.7 Å². The van der Waals surface area contributed by atoms with E-state index in [4.69, 9.17) is 37.9 Å². The molecular formula is C68H52N4O8. The van der Waals surface area contributed by atoms with E-state index in [1.807, 2.05) is 149 Å². The number of fused-ring (bicyclic) bond motifs is 4. The molecular weight excluding hydrogens is 1000 g/mol. The Bertz CT molecular complexity index is 3340. The van der Waals surface area contributed by atoms with E-state index in [-0.39, 0.29) is 75.1 Å². The smallest absolute Gasteiger partial charge is 0.145 e. The molecule has 392 valence electrons. The third-order valence-corrected chi connectivity index (χ3v) is 16.8. The zero-order valence-electron chi connectivity index (χ0n) is 44.6. The molecule has 0 aromatic heterocycles. The van der Waals surface area contributed by atoms with Crippen molar-refractivity contribution >= 4 is 0 Å². The molecule has 0 fully saturated rings. The lowest BCUT2D eigenvalue weighted by molar-refractivity contribution is 0.269. The molecule has 8 bridgehead atoms. The summed E-state index contributed by atoms with van der Waals surface area (Å²) >= 11 is 0. The minimum absolute atomic E-state index is 0.0887. The van der Waals surface area contributed by atoms with Crippen LogP contribution in [-0.2, 0) is 52.9 Å². The van der Waals surface area contributed by atoms with Crippen molar-refractivity contribution < 1.29 is 37.9 Å². The molecule has 5 aliphatic rings. The summed E-state index contributed by atoms with van der Waals surface area (Å²) in [5.74, 6) is 0.0582. The van der Waals surface area contributed by atoms with Crippen LogP contribution in [0.1, 0.15) is 163 Å². The lowest BCUT2D eigenvalue weighted by Crippen LogP contribution is -2.15. The van der Waals surface area contributed by atoms with E-state index in [1.54, 1.807) is 0 Å². The van der Waals surface area contributed by atoms with Crippen LogP contribution in [0, 0.1) is 45.3 Å². The van der Waals surface area contributed by atoms with Gasteiger partial charge < -0.3 is 37.9 Å². The third-order valence-electron chi connectivity index (χ3n) is 16.8. The standard InChI is InChI=1S/C68H52N4O8/c1-37-49-21-51-38(2)53-23-55-40(4)56-24-54-39(3)52-22-50(37)62-58(26-70)64(52)76-32-44-16-8-10-18-46(44)34-78-66(54)60(28-72)68(56)80-36-48-20-12-11-19-47(48)35-79-67(55)59(27-71)65(53)77-33-45-17-9-7-15-43(45)31-75-63(51)57(25-69)61(49)73-29-41-13-5-6-14-42(41)30-74-62/h5-24,37-40H,29-36H2,1-4H3. The van der Waals surface area contributed by atoms with Crippen LogP contribution >= 0.6 is 0 Å². The van der Waals surface area contributed by atoms with Gasteiger partial charge in [0.2, 0.25) is 0 Å². The summed E-state index contributed by atoms with van der Waals surface area (Å²) in [4.78, 5) is 0. The monoisotopic (exact) mass is 1050 g/mol. The van der Waals surface area contributed by atoms with Gasteiger partial charge in [0, 0.05) is 68.2 Å². The van der Waals surface area contributed by atoms with Crippen LogP contribution in [-0.4, -0.2) is 0 Å². The first kappa shape index (κ1) is 49.7. The number of benzene rings is 8. The second-order valence-electron chi connectivity index (χ2n) is 21.1. The molecule has 4 heterocycles. The molecule has 4 aliphatic heterocycles. The maximum atomic E-state index is 11.7. The minimum atomic E-state index is -0.627. The van der Waals surface area contributed by atoms with Crippen molar-refractivity contribution in [3.8, 4) is 70.3 Å². The van der Waals surface area contributed by atoms with Gasteiger partial charge in [-0.2, -0.15) is 21.0 Å². The summed E-state index contributed by atoms with van der Waals surface area (Å²) in [5, 5.41) is 46.8. The molecule has 0 radical (unpaired) electrons. The van der Waals surface area contributed by atoms with Gasteiger partial charge in [-0.1, -0.05) is 125 Å². The van der Waals surface area contributed by atoms with Crippen LogP contribution in [0.2, 0.25) is 0 Å². The SMILES string of the molecule is CC1c2cc3c4c(C#N)c2OCc2ccccc2COc2c1cc1c(c2C#N)OCc2ccccc2COc2c(cc5c(c2C#N)OCc2ccccc2COc2c(cc(c(c2C#N)OCc2ccccc2CO4)C3C)C5C)C1C. The van der Waals surface area contributed by atoms with Gasteiger partial charge in [-0.15, -0.1) is 0 Å². The number of nitrogens with zero attached hydrogens (tertiary/aromatic N) is 4. The van der Waals surface area contributed by atoms with Crippen LogP contribution in [0.15, 0.2) is 121 Å². The fourth-order valence-corrected chi connectivity index (χ4v) is 12.2. The lowest BCUT2D eigenvalue weighted by atomic mass is 9.78. The maximum Gasteiger partial charge on any atom is 0.145 e. The van der Waals surface area contributed by atoms with Crippen molar-refractivity contribution in [1.29, 1.82) is 21.0 Å². The summed E-state index contributed by atoms with van der Waals surface area (Å²) in [6.07, 6.45) is 0. The van der Waals surface area contributed by atoms with Gasteiger partial charge >= 0.3 is 0 Å². The predicted octanol–water partition coefficient (Wildman–Crippen LogP) is 14.0. The van der Waals surface area contributed by atoms with Gasteiger partial charge in [-0.3, -0.25) is 0 Å². The fourth-order valence-electron chi connectivity index (χ4n) is 12.2. The molecule has 12 nitrogen and oxygen atoms in total. The summed E-state index contributed by atoms with van der Waals surface area (Å²) < 4.78 is 56.1. The Hall–Kier alpha value is -9.88. The largest absolute Gasteiger partial charge is 0.487 e. The van der Waals surface area contributed by atoms with Crippen molar-refractivity contribution in [1.82, 2.24) is 0 Å². The molecule has 0 saturated heterocycles. The molecule has 0 saturated carbocycles. The number of ether oxygens (including phenoxy) is 8. The second-order valence-corrected chi connectivity index (χ2v) is 21.1. The van der Waals surface area contributed by atoms with E-state index in [0.29, 0.717) is 90.5 Å². The Morgan fingerprint density at radius 3 is 0.525 bits per heavy atom. The topological polar surface area (TPSA) is 169 Å². The summed E-state index contributed by atoms with van der Waals surface area (Å²) in [5.41, 5.74) is 12.5. The molecule has 13 rings (SSSR count). The van der Waals surface area contributed by atoms with E-state index in [2.05, 4.69) is 24.3 Å². The highest BCUT2D eigenvalue weighted by molar-refractivity contribution is 5.73. The molecule has 0 N–H and O–H groups in total. The lowest BCUT2D eigenvalue weighted by Gasteiger charge is -2.30. The van der Waals surface area contributed by atoms with Crippen LogP contribution < -0.4 is 37.9 Å². The van der Waals surface area contributed by atoms with E-state index in [1.165, 1.54) is 0 Å². The quantitative estimate of drug-likeness (QED) is 0.141. The molecule has 8 aromatic carbocycles. The van der Waals surface area contributed by atoms with Gasteiger partial charge in [-0.05, 0) is 68.8 Å². The first-order valence-corrected chi connectivity index (χ1v) is 26.9. The first-order valence-electron chi connectivity index (χ1n) is 26.9. The highest BCUT2D eigenvalue weighted by Crippen LogP contribution is 2.55. The Balaban J connectivity index is 1.22. The average Bonchev–Trinajstić information content (AvgIpc) is 3.71. The third kappa shape index (κ3) is 8.14. The van der Waals surface area contributed by atoms with Gasteiger partial charge in [0.15, 0.2) is 0 Å². The van der Waals surface area contributed by atoms with Gasteiger partial charge in [0.25, 0.3) is 0 Å². The van der Waals surface area contributed by atoms with Crippen LogP contribution in [0.5, 0.6) is 46.0 Å². The van der Waals surface area contributed by atoms with Crippen molar-refractivity contribution in [2.24, 2.45) is 0 Å². The molecule has 1 aliphatic carbocycles. The highest BCUT2D eigenvalue weighted by Gasteiger charge is 2.38. The van der Waals surface area contributed by atoms with Gasteiger partial charge in [-0.25, -0.2) is 0 Å². The van der Waals surface area contributed by atoms with E-state index >= 15 is 0 Å². The van der Waals surface area contributed by atoms with Crippen molar-refractivity contribution in [3.63, 3.8) is 0 Å². The fraction of sp³-hybridized carbons (Fsp3) is 0.235. The zero-order valence-corrected chi connectivity index (χ0v) is 44.6. The Morgan fingerprint density at radius 2 is 0.400 bits per heavy atom. The molecule has 0 unspecified atom stereocenters. The van der Waals surface area contributed by atoms with Crippen molar-refractivity contribution in [3.05, 3.63) is 233 Å². The highest BCUT2D eigenvalue weighted by atomic mass is 16.5. The Morgan fingerprint density at radius 1 is 0.263 bits per heavy atom. The van der Waals surface area contributed by atoms with E-state index in [9.17, 15) is 21.0 Å². The van der Waals surface area contributed by atoms with Gasteiger partial charge in [0.05, 0.1) is 0 Å². The zero-order chi connectivity index (χ0) is 54.8. The second kappa shape index (κ2) is 20.2. The first-order chi connectivity index (χ1) is 39.2. The summed E-state index contributed by atoms with van der Waals surface area (Å²) in [6, 6.07) is 49.7. The molecule has 12 heteroatoms. The predicted molar refractivity (Wildman–Crippen MR) is 295 cm³/mol. The maximum absolute atomic E-state index is 11.7. The number of hydrogen-bond donors (Lipinski definition) is 0. The summed E-state index contributed by atoms with van der Waals surface area (Å²) in [7, 11) is 0. The number of rotatable bonds is 0. The summed E-state index contributed by atoms with van der Waals surface area (Å²) in [6.45, 7) is 8.82. The minimum Gasteiger partial charge on any atom is -0.487 e. The normalized spacial score (nSPS) is 18.1. The molecule has 0 spiro atoms.